The first-order chi connectivity index (χ1) is 14.6. The summed E-state index contributed by atoms with van der Waals surface area (Å²) in [5.74, 6) is 1.73. The van der Waals surface area contributed by atoms with Gasteiger partial charge in [0.1, 0.15) is 23.4 Å². The SMILES string of the molecule is CCCOc1ccccc1-c1nc2c(CCC)nn(-c3nncn3C)c2c(=O)n1C. The lowest BCUT2D eigenvalue weighted by Crippen LogP contribution is -2.23. The van der Waals surface area contributed by atoms with E-state index in [1.165, 1.54) is 0 Å². The molecule has 9 heteroatoms. The predicted octanol–water partition coefficient (Wildman–Crippen LogP) is 2.66. The lowest BCUT2D eigenvalue weighted by Gasteiger charge is -2.13. The second-order valence-corrected chi connectivity index (χ2v) is 7.19. The molecule has 9 nitrogen and oxygen atoms in total. The average molecular weight is 407 g/mol. The molecule has 0 spiro atoms. The monoisotopic (exact) mass is 407 g/mol. The third-order valence-electron chi connectivity index (χ3n) is 4.93. The van der Waals surface area contributed by atoms with Crippen molar-refractivity contribution in [2.75, 3.05) is 6.61 Å². The number of ether oxygens (including phenoxy) is 1. The second kappa shape index (κ2) is 8.10. The highest BCUT2D eigenvalue weighted by Gasteiger charge is 2.23. The average Bonchev–Trinajstić information content (AvgIpc) is 3.33. The van der Waals surface area contributed by atoms with Crippen molar-refractivity contribution in [3.8, 4) is 23.1 Å². The van der Waals surface area contributed by atoms with Crippen LogP contribution < -0.4 is 10.3 Å². The molecular weight excluding hydrogens is 382 g/mol. The number of nitrogens with zero attached hydrogens (tertiary/aromatic N) is 7. The van der Waals surface area contributed by atoms with E-state index < -0.39 is 0 Å². The van der Waals surface area contributed by atoms with Crippen LogP contribution in [0.3, 0.4) is 0 Å². The summed E-state index contributed by atoms with van der Waals surface area (Å²) in [5, 5.41) is 12.7. The van der Waals surface area contributed by atoms with Crippen LogP contribution in [0, 0.1) is 0 Å². The second-order valence-electron chi connectivity index (χ2n) is 7.19. The van der Waals surface area contributed by atoms with Crippen LogP contribution in [0.15, 0.2) is 35.4 Å². The molecule has 0 aliphatic rings. The van der Waals surface area contributed by atoms with Gasteiger partial charge in [-0.15, -0.1) is 10.2 Å². The van der Waals surface area contributed by atoms with Crippen LogP contribution in [0.1, 0.15) is 32.4 Å². The molecule has 0 radical (unpaired) electrons. The first kappa shape index (κ1) is 19.8. The first-order valence-corrected chi connectivity index (χ1v) is 10.1. The zero-order valence-electron chi connectivity index (χ0n) is 17.7. The molecule has 0 fully saturated rings. The normalized spacial score (nSPS) is 11.3. The van der Waals surface area contributed by atoms with Crippen molar-refractivity contribution in [2.24, 2.45) is 14.1 Å². The van der Waals surface area contributed by atoms with Crippen molar-refractivity contribution in [3.05, 3.63) is 46.6 Å². The Morgan fingerprint density at radius 3 is 2.60 bits per heavy atom. The molecule has 4 rings (SSSR count). The Morgan fingerprint density at radius 1 is 1.10 bits per heavy atom. The van der Waals surface area contributed by atoms with Gasteiger partial charge in [-0.2, -0.15) is 9.78 Å². The largest absolute Gasteiger partial charge is 0.493 e. The minimum Gasteiger partial charge on any atom is -0.493 e. The van der Waals surface area contributed by atoms with Crippen molar-refractivity contribution in [3.63, 3.8) is 0 Å². The number of para-hydroxylation sites is 1. The zero-order chi connectivity index (χ0) is 21.3. The molecule has 3 aromatic heterocycles. The van der Waals surface area contributed by atoms with E-state index in [4.69, 9.17) is 9.72 Å². The number of hydrogen-bond donors (Lipinski definition) is 0. The Labute approximate surface area is 174 Å². The van der Waals surface area contributed by atoms with E-state index in [0.717, 1.165) is 24.1 Å². The highest BCUT2D eigenvalue weighted by atomic mass is 16.5. The van der Waals surface area contributed by atoms with Crippen molar-refractivity contribution in [2.45, 2.75) is 33.1 Å². The Bertz CT molecular complexity index is 1250. The minimum atomic E-state index is -0.196. The topological polar surface area (TPSA) is 92.7 Å². The molecular formula is C21H25N7O2. The van der Waals surface area contributed by atoms with Gasteiger partial charge in [-0.25, -0.2) is 4.98 Å². The van der Waals surface area contributed by atoms with Crippen LogP contribution in [0.5, 0.6) is 5.75 Å². The molecule has 0 bridgehead atoms. The number of aryl methyl sites for hydroxylation is 2. The molecule has 0 saturated heterocycles. The summed E-state index contributed by atoms with van der Waals surface area (Å²) in [5.41, 5.74) is 2.33. The summed E-state index contributed by atoms with van der Waals surface area (Å²) >= 11 is 0. The van der Waals surface area contributed by atoms with Crippen LogP contribution in [-0.2, 0) is 20.5 Å². The van der Waals surface area contributed by atoms with E-state index in [1.807, 2.05) is 31.3 Å². The first-order valence-electron chi connectivity index (χ1n) is 10.1. The molecule has 0 unspecified atom stereocenters. The molecule has 156 valence electrons. The quantitative estimate of drug-likeness (QED) is 0.468. The summed E-state index contributed by atoms with van der Waals surface area (Å²) in [6.45, 7) is 4.72. The Morgan fingerprint density at radius 2 is 1.90 bits per heavy atom. The van der Waals surface area contributed by atoms with Gasteiger partial charge in [0.25, 0.3) is 11.5 Å². The fourth-order valence-corrected chi connectivity index (χ4v) is 3.45. The third-order valence-corrected chi connectivity index (χ3v) is 4.93. The molecule has 0 saturated carbocycles. The van der Waals surface area contributed by atoms with E-state index in [9.17, 15) is 4.79 Å². The third kappa shape index (κ3) is 3.26. The van der Waals surface area contributed by atoms with Crippen molar-refractivity contribution in [1.29, 1.82) is 0 Å². The highest BCUT2D eigenvalue weighted by molar-refractivity contribution is 5.81. The predicted molar refractivity (Wildman–Crippen MR) is 114 cm³/mol. The molecule has 4 aromatic rings. The number of hydrogen-bond acceptors (Lipinski definition) is 6. The smallest absolute Gasteiger partial charge is 0.280 e. The molecule has 1 aromatic carbocycles. The zero-order valence-corrected chi connectivity index (χ0v) is 17.7. The van der Waals surface area contributed by atoms with Gasteiger partial charge in [-0.05, 0) is 25.0 Å². The lowest BCUT2D eigenvalue weighted by atomic mass is 10.1. The maximum absolute atomic E-state index is 13.5. The Hall–Kier alpha value is -3.49. The number of rotatable bonds is 7. The summed E-state index contributed by atoms with van der Waals surface area (Å²) in [4.78, 5) is 18.4. The summed E-state index contributed by atoms with van der Waals surface area (Å²) < 4.78 is 10.7. The maximum atomic E-state index is 13.5. The lowest BCUT2D eigenvalue weighted by molar-refractivity contribution is 0.318. The van der Waals surface area contributed by atoms with Gasteiger partial charge in [0.15, 0.2) is 5.52 Å². The van der Waals surface area contributed by atoms with Crippen molar-refractivity contribution < 1.29 is 4.74 Å². The highest BCUT2D eigenvalue weighted by Crippen LogP contribution is 2.29. The summed E-state index contributed by atoms with van der Waals surface area (Å²) in [7, 11) is 3.53. The van der Waals surface area contributed by atoms with Gasteiger partial charge in [-0.3, -0.25) is 9.36 Å². The van der Waals surface area contributed by atoms with Crippen LogP contribution in [0.4, 0.5) is 0 Å². The number of aromatic nitrogens is 7. The van der Waals surface area contributed by atoms with Gasteiger partial charge >= 0.3 is 0 Å². The van der Waals surface area contributed by atoms with Crippen molar-refractivity contribution in [1.82, 2.24) is 34.1 Å². The fraction of sp³-hybridized carbons (Fsp3) is 0.381. The van der Waals surface area contributed by atoms with Crippen LogP contribution in [0.25, 0.3) is 28.4 Å². The summed E-state index contributed by atoms with van der Waals surface area (Å²) in [6.07, 6.45) is 4.06. The van der Waals surface area contributed by atoms with Gasteiger partial charge in [0, 0.05) is 14.1 Å². The van der Waals surface area contributed by atoms with E-state index in [2.05, 4.69) is 29.1 Å². The summed E-state index contributed by atoms with van der Waals surface area (Å²) in [6, 6.07) is 7.66. The van der Waals surface area contributed by atoms with E-state index in [1.54, 1.807) is 27.2 Å². The Balaban J connectivity index is 2.00. The van der Waals surface area contributed by atoms with Gasteiger partial charge in [0.2, 0.25) is 0 Å². The molecule has 0 atom stereocenters. The molecule has 0 aliphatic heterocycles. The van der Waals surface area contributed by atoms with Gasteiger partial charge < -0.3 is 9.30 Å². The van der Waals surface area contributed by atoms with Crippen LogP contribution in [-0.4, -0.2) is 40.7 Å². The number of benzene rings is 1. The van der Waals surface area contributed by atoms with Crippen LogP contribution >= 0.6 is 0 Å². The minimum absolute atomic E-state index is 0.196. The number of fused-ring (bicyclic) bond motifs is 1. The molecule has 0 aliphatic carbocycles. The molecule has 3 heterocycles. The van der Waals surface area contributed by atoms with Crippen molar-refractivity contribution >= 4 is 11.0 Å². The van der Waals surface area contributed by atoms with E-state index >= 15 is 0 Å². The molecule has 0 amide bonds. The van der Waals surface area contributed by atoms with Gasteiger partial charge in [-0.1, -0.05) is 32.4 Å². The van der Waals surface area contributed by atoms with E-state index in [0.29, 0.717) is 41.6 Å². The molecule has 0 N–H and O–H groups in total. The molecule has 30 heavy (non-hydrogen) atoms. The fourth-order valence-electron chi connectivity index (χ4n) is 3.45. The standard InChI is InChI=1S/C21H25N7O2/c1-5-9-15-17-18(28(25-15)21-24-22-13-26(21)3)20(29)27(4)19(23-17)14-10-7-8-11-16(14)30-12-6-2/h7-8,10-11,13H,5-6,9,12H2,1-4H3. The maximum Gasteiger partial charge on any atom is 0.280 e. The van der Waals surface area contributed by atoms with Gasteiger partial charge in [0.05, 0.1) is 17.9 Å². The van der Waals surface area contributed by atoms with E-state index in [-0.39, 0.29) is 5.56 Å². The van der Waals surface area contributed by atoms with Crippen LogP contribution in [0.2, 0.25) is 0 Å². The Kier molecular flexibility index (Phi) is 5.35.